The van der Waals surface area contributed by atoms with E-state index in [1.54, 1.807) is 18.5 Å². The van der Waals surface area contributed by atoms with Gasteiger partial charge in [0.15, 0.2) is 0 Å². The second-order valence-corrected chi connectivity index (χ2v) is 4.41. The Morgan fingerprint density at radius 2 is 2.05 bits per heavy atom. The molecule has 0 radical (unpaired) electrons. The van der Waals surface area contributed by atoms with Crippen molar-refractivity contribution in [1.82, 2.24) is 4.98 Å². The van der Waals surface area contributed by atoms with Crippen molar-refractivity contribution in [2.45, 2.75) is 13.8 Å². The van der Waals surface area contributed by atoms with Gasteiger partial charge in [0.2, 0.25) is 5.91 Å². The molecule has 0 bridgehead atoms. The maximum atomic E-state index is 11.8. The van der Waals surface area contributed by atoms with Crippen LogP contribution in [0.4, 0.5) is 5.69 Å². The highest BCUT2D eigenvalue weighted by Crippen LogP contribution is 2.14. The summed E-state index contributed by atoms with van der Waals surface area (Å²) in [7, 11) is 0. The average Bonchev–Trinajstić information content (AvgIpc) is 2.42. The third kappa shape index (κ3) is 3.78. The molecule has 3 heteroatoms. The summed E-state index contributed by atoms with van der Waals surface area (Å²) in [4.78, 5) is 15.7. The lowest BCUT2D eigenvalue weighted by Crippen LogP contribution is -2.07. The lowest BCUT2D eigenvalue weighted by molar-refractivity contribution is -0.111. The van der Waals surface area contributed by atoms with Gasteiger partial charge in [-0.2, -0.15) is 0 Å². The van der Waals surface area contributed by atoms with E-state index in [1.165, 1.54) is 11.6 Å². The summed E-state index contributed by atoms with van der Waals surface area (Å²) in [6, 6.07) is 9.59. The first-order valence-corrected chi connectivity index (χ1v) is 6.11. The summed E-state index contributed by atoms with van der Waals surface area (Å²) in [6.45, 7) is 4.07. The summed E-state index contributed by atoms with van der Waals surface area (Å²) in [6.07, 6.45) is 6.65. The van der Waals surface area contributed by atoms with Gasteiger partial charge < -0.3 is 5.32 Å². The minimum absolute atomic E-state index is 0.146. The number of hydrogen-bond acceptors (Lipinski definition) is 2. The van der Waals surface area contributed by atoms with Crippen LogP contribution in [0.5, 0.6) is 0 Å². The van der Waals surface area contributed by atoms with Crippen LogP contribution in [0, 0.1) is 13.8 Å². The molecule has 0 saturated carbocycles. The summed E-state index contributed by atoms with van der Waals surface area (Å²) >= 11 is 0. The molecular weight excluding hydrogens is 236 g/mol. The van der Waals surface area contributed by atoms with Crippen LogP contribution < -0.4 is 5.32 Å². The molecule has 0 unspecified atom stereocenters. The highest BCUT2D eigenvalue weighted by molar-refractivity contribution is 6.01. The standard InChI is InChI=1S/C16H16N2O/c1-12-5-7-15(10-13(12)2)18-16(19)8-6-14-4-3-9-17-11-14/h3-11H,1-2H3,(H,18,19)/b8-6+. The summed E-state index contributed by atoms with van der Waals surface area (Å²) in [5.41, 5.74) is 4.08. The van der Waals surface area contributed by atoms with E-state index in [-0.39, 0.29) is 5.91 Å². The van der Waals surface area contributed by atoms with Gasteiger partial charge in [-0.1, -0.05) is 12.1 Å². The van der Waals surface area contributed by atoms with E-state index in [2.05, 4.69) is 10.3 Å². The Morgan fingerprint density at radius 3 is 2.74 bits per heavy atom. The predicted octanol–water partition coefficient (Wildman–Crippen LogP) is 3.35. The number of nitrogens with one attached hydrogen (secondary N) is 1. The van der Waals surface area contributed by atoms with Gasteiger partial charge in [0.25, 0.3) is 0 Å². The number of aryl methyl sites for hydroxylation is 2. The van der Waals surface area contributed by atoms with E-state index < -0.39 is 0 Å². The maximum absolute atomic E-state index is 11.8. The van der Waals surface area contributed by atoms with Gasteiger partial charge in [-0.15, -0.1) is 0 Å². The number of benzene rings is 1. The van der Waals surface area contributed by atoms with Crippen LogP contribution in [0.2, 0.25) is 0 Å². The predicted molar refractivity (Wildman–Crippen MR) is 77.8 cm³/mol. The van der Waals surface area contributed by atoms with Gasteiger partial charge in [0.1, 0.15) is 0 Å². The summed E-state index contributed by atoms with van der Waals surface area (Å²) < 4.78 is 0. The van der Waals surface area contributed by atoms with Crippen molar-refractivity contribution in [3.8, 4) is 0 Å². The van der Waals surface area contributed by atoms with Gasteiger partial charge in [-0.3, -0.25) is 9.78 Å². The van der Waals surface area contributed by atoms with Gasteiger partial charge >= 0.3 is 0 Å². The first kappa shape index (κ1) is 13.0. The number of aromatic nitrogens is 1. The molecule has 2 rings (SSSR count). The monoisotopic (exact) mass is 252 g/mol. The minimum atomic E-state index is -0.146. The Morgan fingerprint density at radius 1 is 1.21 bits per heavy atom. The van der Waals surface area contributed by atoms with E-state index in [4.69, 9.17) is 0 Å². The smallest absolute Gasteiger partial charge is 0.248 e. The SMILES string of the molecule is Cc1ccc(NC(=O)/C=C/c2cccnc2)cc1C. The second kappa shape index (κ2) is 5.96. The third-order valence-electron chi connectivity index (χ3n) is 2.89. The number of rotatable bonds is 3. The molecule has 19 heavy (non-hydrogen) atoms. The maximum Gasteiger partial charge on any atom is 0.248 e. The Bertz CT molecular complexity index is 603. The Hall–Kier alpha value is -2.42. The molecule has 0 atom stereocenters. The van der Waals surface area contributed by atoms with Crippen molar-refractivity contribution in [2.75, 3.05) is 5.32 Å². The number of nitrogens with zero attached hydrogens (tertiary/aromatic N) is 1. The molecule has 0 aliphatic heterocycles. The molecule has 1 aromatic heterocycles. The fourth-order valence-corrected chi connectivity index (χ4v) is 1.65. The molecule has 0 fully saturated rings. The van der Waals surface area contributed by atoms with Crippen LogP contribution in [0.15, 0.2) is 48.8 Å². The number of carbonyl (C=O) groups excluding carboxylic acids is 1. The van der Waals surface area contributed by atoms with Crippen molar-refractivity contribution in [3.05, 3.63) is 65.5 Å². The highest BCUT2D eigenvalue weighted by Gasteiger charge is 1.99. The number of pyridine rings is 1. The van der Waals surface area contributed by atoms with Crippen molar-refractivity contribution >= 4 is 17.7 Å². The fraction of sp³-hybridized carbons (Fsp3) is 0.125. The zero-order valence-corrected chi connectivity index (χ0v) is 11.1. The van der Waals surface area contributed by atoms with Gasteiger partial charge in [0, 0.05) is 24.2 Å². The second-order valence-electron chi connectivity index (χ2n) is 4.41. The summed E-state index contributed by atoms with van der Waals surface area (Å²) in [5, 5.41) is 2.83. The summed E-state index contributed by atoms with van der Waals surface area (Å²) in [5.74, 6) is -0.146. The molecule has 1 aromatic carbocycles. The van der Waals surface area contributed by atoms with Crippen LogP contribution in [-0.2, 0) is 4.79 Å². The van der Waals surface area contributed by atoms with E-state index >= 15 is 0 Å². The van der Waals surface area contributed by atoms with E-state index in [1.807, 2.05) is 44.2 Å². The molecule has 0 aliphatic rings. The topological polar surface area (TPSA) is 42.0 Å². The molecule has 0 aliphatic carbocycles. The van der Waals surface area contributed by atoms with Crippen molar-refractivity contribution in [3.63, 3.8) is 0 Å². The quantitative estimate of drug-likeness (QED) is 0.851. The first-order valence-electron chi connectivity index (χ1n) is 6.11. The fourth-order valence-electron chi connectivity index (χ4n) is 1.65. The van der Waals surface area contributed by atoms with Crippen LogP contribution in [0.3, 0.4) is 0 Å². The molecule has 1 N–H and O–H groups in total. The molecule has 0 spiro atoms. The zero-order chi connectivity index (χ0) is 13.7. The zero-order valence-electron chi connectivity index (χ0n) is 11.1. The normalized spacial score (nSPS) is 10.6. The van der Waals surface area contributed by atoms with E-state index in [0.29, 0.717) is 0 Å². The highest BCUT2D eigenvalue weighted by atomic mass is 16.1. The van der Waals surface area contributed by atoms with Gasteiger partial charge in [-0.05, 0) is 54.8 Å². The Kier molecular flexibility index (Phi) is 4.08. The van der Waals surface area contributed by atoms with Crippen molar-refractivity contribution < 1.29 is 4.79 Å². The molecule has 2 aromatic rings. The van der Waals surface area contributed by atoms with Crippen molar-refractivity contribution in [2.24, 2.45) is 0 Å². The van der Waals surface area contributed by atoms with Gasteiger partial charge in [0.05, 0.1) is 0 Å². The largest absolute Gasteiger partial charge is 0.323 e. The van der Waals surface area contributed by atoms with Crippen LogP contribution in [0.25, 0.3) is 6.08 Å². The lowest BCUT2D eigenvalue weighted by atomic mass is 10.1. The lowest BCUT2D eigenvalue weighted by Gasteiger charge is -2.05. The van der Waals surface area contributed by atoms with E-state index in [0.717, 1.165) is 16.8 Å². The molecule has 1 heterocycles. The van der Waals surface area contributed by atoms with E-state index in [9.17, 15) is 4.79 Å². The number of carbonyl (C=O) groups is 1. The first-order chi connectivity index (χ1) is 9.15. The van der Waals surface area contributed by atoms with Crippen molar-refractivity contribution in [1.29, 1.82) is 0 Å². The number of hydrogen-bond donors (Lipinski definition) is 1. The van der Waals surface area contributed by atoms with Crippen LogP contribution in [0.1, 0.15) is 16.7 Å². The third-order valence-corrected chi connectivity index (χ3v) is 2.89. The Balaban J connectivity index is 2.01. The van der Waals surface area contributed by atoms with Crippen LogP contribution >= 0.6 is 0 Å². The molecule has 1 amide bonds. The average molecular weight is 252 g/mol. The Labute approximate surface area is 113 Å². The molecular formula is C16H16N2O. The van der Waals surface area contributed by atoms with Gasteiger partial charge in [-0.25, -0.2) is 0 Å². The molecule has 96 valence electrons. The van der Waals surface area contributed by atoms with Crippen LogP contribution in [-0.4, -0.2) is 10.9 Å². The number of anilines is 1. The number of amides is 1. The molecule has 0 saturated heterocycles. The molecule has 3 nitrogen and oxygen atoms in total. The minimum Gasteiger partial charge on any atom is -0.323 e.